The van der Waals surface area contributed by atoms with Gasteiger partial charge in [0.1, 0.15) is 4.90 Å². The summed E-state index contributed by atoms with van der Waals surface area (Å²) in [7, 11) is -4.00. The molecule has 0 fully saturated rings. The molecular formula is C24H29ClN2O5S. The van der Waals surface area contributed by atoms with Gasteiger partial charge in [0.15, 0.2) is 6.10 Å². The lowest BCUT2D eigenvalue weighted by Crippen LogP contribution is -2.47. The van der Waals surface area contributed by atoms with Crippen molar-refractivity contribution in [2.45, 2.75) is 64.1 Å². The van der Waals surface area contributed by atoms with E-state index >= 15 is 0 Å². The van der Waals surface area contributed by atoms with Crippen LogP contribution in [0.1, 0.15) is 50.5 Å². The molecule has 33 heavy (non-hydrogen) atoms. The smallest absolute Gasteiger partial charge is 0.338 e. The molecule has 0 aliphatic carbocycles. The number of hydrogen-bond donors (Lipinski definition) is 0. The van der Waals surface area contributed by atoms with Crippen molar-refractivity contribution in [1.29, 1.82) is 0 Å². The summed E-state index contributed by atoms with van der Waals surface area (Å²) in [6.07, 6.45) is -0.431. The van der Waals surface area contributed by atoms with E-state index in [1.807, 2.05) is 39.8 Å². The molecule has 1 heterocycles. The SMILES string of the molecule is CC(OC(=O)c1ccc(Cl)c(S(=O)(=O)N2CCc3ccccc32)c1)C(=O)N(C(C)C)C(C)C. The number of nitrogens with zero attached hydrogens (tertiary/aromatic N) is 2. The van der Waals surface area contributed by atoms with Gasteiger partial charge >= 0.3 is 5.97 Å². The first kappa shape index (κ1) is 25.1. The number of ether oxygens (including phenoxy) is 1. The van der Waals surface area contributed by atoms with Crippen molar-refractivity contribution in [3.05, 3.63) is 58.6 Å². The minimum Gasteiger partial charge on any atom is -0.449 e. The van der Waals surface area contributed by atoms with Gasteiger partial charge in [-0.05, 0) is 70.9 Å². The highest BCUT2D eigenvalue weighted by Gasteiger charge is 2.33. The Labute approximate surface area is 200 Å². The van der Waals surface area contributed by atoms with E-state index < -0.39 is 22.1 Å². The van der Waals surface area contributed by atoms with E-state index in [0.29, 0.717) is 18.7 Å². The first-order chi connectivity index (χ1) is 15.4. The largest absolute Gasteiger partial charge is 0.449 e. The molecule has 2 aromatic rings. The molecule has 0 spiro atoms. The number of rotatable bonds is 7. The summed E-state index contributed by atoms with van der Waals surface area (Å²) in [5.41, 5.74) is 1.54. The Morgan fingerprint density at radius 2 is 1.67 bits per heavy atom. The molecule has 0 bridgehead atoms. The second-order valence-corrected chi connectivity index (χ2v) is 10.8. The maximum atomic E-state index is 13.4. The van der Waals surface area contributed by atoms with Gasteiger partial charge in [-0.3, -0.25) is 9.10 Å². The lowest BCUT2D eigenvalue weighted by molar-refractivity contribution is -0.143. The Morgan fingerprint density at radius 1 is 1.03 bits per heavy atom. The quantitative estimate of drug-likeness (QED) is 0.538. The van der Waals surface area contributed by atoms with Gasteiger partial charge in [0.2, 0.25) is 0 Å². The van der Waals surface area contributed by atoms with Gasteiger partial charge in [-0.1, -0.05) is 29.8 Å². The predicted octanol–water partition coefficient (Wildman–Crippen LogP) is 4.28. The first-order valence-corrected chi connectivity index (χ1v) is 12.7. The molecule has 1 amide bonds. The van der Waals surface area contributed by atoms with Gasteiger partial charge in [0.05, 0.1) is 16.3 Å². The van der Waals surface area contributed by atoms with Gasteiger partial charge in [-0.25, -0.2) is 13.2 Å². The number of esters is 1. The highest BCUT2D eigenvalue weighted by atomic mass is 35.5. The minimum atomic E-state index is -4.00. The van der Waals surface area contributed by atoms with Crippen LogP contribution in [0.5, 0.6) is 0 Å². The van der Waals surface area contributed by atoms with Crippen molar-refractivity contribution in [2.75, 3.05) is 10.8 Å². The molecule has 0 saturated heterocycles. The Balaban J connectivity index is 1.86. The van der Waals surface area contributed by atoms with Crippen LogP contribution in [0.4, 0.5) is 5.69 Å². The Hall–Kier alpha value is -2.58. The number of anilines is 1. The molecule has 0 saturated carbocycles. The van der Waals surface area contributed by atoms with Crippen LogP contribution in [0.25, 0.3) is 0 Å². The molecule has 0 N–H and O–H groups in total. The summed E-state index contributed by atoms with van der Waals surface area (Å²) in [6, 6.07) is 11.1. The van der Waals surface area contributed by atoms with E-state index in [0.717, 1.165) is 5.56 Å². The maximum absolute atomic E-state index is 13.4. The van der Waals surface area contributed by atoms with Crippen molar-refractivity contribution in [2.24, 2.45) is 0 Å². The summed E-state index contributed by atoms with van der Waals surface area (Å²) in [5.74, 6) is -1.11. The second-order valence-electron chi connectivity index (χ2n) is 8.58. The number of hydrogen-bond acceptors (Lipinski definition) is 5. The highest BCUT2D eigenvalue weighted by molar-refractivity contribution is 7.93. The van der Waals surface area contributed by atoms with Gasteiger partial charge in [-0.2, -0.15) is 0 Å². The van der Waals surface area contributed by atoms with Crippen molar-refractivity contribution in [3.63, 3.8) is 0 Å². The van der Waals surface area contributed by atoms with Crippen LogP contribution in [0.3, 0.4) is 0 Å². The molecule has 0 radical (unpaired) electrons. The third-order valence-electron chi connectivity index (χ3n) is 5.58. The number of sulfonamides is 1. The minimum absolute atomic E-state index is 0.00532. The standard InChI is InChI=1S/C24H29ClN2O5S/c1-15(2)27(16(3)4)23(28)17(5)32-24(29)19-10-11-20(25)22(14-19)33(30,31)26-13-12-18-8-6-7-9-21(18)26/h6-11,14-17H,12-13H2,1-5H3. The average molecular weight is 493 g/mol. The van der Waals surface area contributed by atoms with Crippen LogP contribution in [0.2, 0.25) is 5.02 Å². The van der Waals surface area contributed by atoms with Gasteiger partial charge in [-0.15, -0.1) is 0 Å². The topological polar surface area (TPSA) is 84.0 Å². The zero-order chi connectivity index (χ0) is 24.5. The van der Waals surface area contributed by atoms with Crippen molar-refractivity contribution in [3.8, 4) is 0 Å². The fraction of sp³-hybridized carbons (Fsp3) is 0.417. The van der Waals surface area contributed by atoms with Crippen molar-refractivity contribution >= 4 is 39.2 Å². The number of halogens is 1. The van der Waals surface area contributed by atoms with Crippen LogP contribution in [-0.2, 0) is 26.0 Å². The molecule has 7 nitrogen and oxygen atoms in total. The normalized spacial score (nSPS) is 14.4. The Morgan fingerprint density at radius 3 is 2.30 bits per heavy atom. The first-order valence-electron chi connectivity index (χ1n) is 10.9. The number of benzene rings is 2. The molecule has 2 aromatic carbocycles. The highest BCUT2D eigenvalue weighted by Crippen LogP contribution is 2.35. The fourth-order valence-electron chi connectivity index (χ4n) is 4.10. The van der Waals surface area contributed by atoms with E-state index in [9.17, 15) is 18.0 Å². The summed E-state index contributed by atoms with van der Waals surface area (Å²) < 4.78 is 33.5. The Bertz CT molecular complexity index is 1160. The van der Waals surface area contributed by atoms with Crippen molar-refractivity contribution < 1.29 is 22.7 Å². The third kappa shape index (κ3) is 5.01. The second kappa shape index (κ2) is 9.73. The average Bonchev–Trinajstić information content (AvgIpc) is 3.18. The van der Waals surface area contributed by atoms with E-state index in [4.69, 9.17) is 16.3 Å². The lowest BCUT2D eigenvalue weighted by Gasteiger charge is -2.32. The Kier molecular flexibility index (Phi) is 7.39. The molecule has 178 valence electrons. The maximum Gasteiger partial charge on any atom is 0.338 e. The third-order valence-corrected chi connectivity index (χ3v) is 7.87. The number of para-hydroxylation sites is 1. The molecule has 0 aromatic heterocycles. The van der Waals surface area contributed by atoms with Crippen LogP contribution >= 0.6 is 11.6 Å². The van der Waals surface area contributed by atoms with Gasteiger partial charge < -0.3 is 9.64 Å². The molecule has 1 unspecified atom stereocenters. The van der Waals surface area contributed by atoms with E-state index in [2.05, 4.69) is 0 Å². The van der Waals surface area contributed by atoms with E-state index in [1.54, 1.807) is 17.0 Å². The molecule has 1 aliphatic rings. The summed E-state index contributed by atoms with van der Waals surface area (Å²) in [6.45, 7) is 9.35. The summed E-state index contributed by atoms with van der Waals surface area (Å²) >= 11 is 6.24. The van der Waals surface area contributed by atoms with Crippen LogP contribution < -0.4 is 4.31 Å². The van der Waals surface area contributed by atoms with Crippen LogP contribution in [-0.4, -0.2) is 49.9 Å². The van der Waals surface area contributed by atoms with Crippen molar-refractivity contribution in [1.82, 2.24) is 4.90 Å². The fourth-order valence-corrected chi connectivity index (χ4v) is 6.11. The number of amides is 1. The van der Waals surface area contributed by atoms with Crippen LogP contribution in [0, 0.1) is 0 Å². The molecule has 1 aliphatic heterocycles. The van der Waals surface area contributed by atoms with E-state index in [1.165, 1.54) is 29.4 Å². The zero-order valence-corrected chi connectivity index (χ0v) is 21.0. The van der Waals surface area contributed by atoms with Gasteiger partial charge in [0.25, 0.3) is 15.9 Å². The molecule has 9 heteroatoms. The lowest BCUT2D eigenvalue weighted by atomic mass is 10.2. The summed E-state index contributed by atoms with van der Waals surface area (Å²) in [4.78, 5) is 27.0. The van der Waals surface area contributed by atoms with Gasteiger partial charge in [0, 0.05) is 18.6 Å². The molecular weight excluding hydrogens is 464 g/mol. The predicted molar refractivity (Wildman–Crippen MR) is 128 cm³/mol. The zero-order valence-electron chi connectivity index (χ0n) is 19.4. The van der Waals surface area contributed by atoms with Crippen LogP contribution in [0.15, 0.2) is 47.4 Å². The monoisotopic (exact) mass is 492 g/mol. The molecule has 1 atom stereocenters. The number of carbonyl (C=O) groups excluding carboxylic acids is 2. The number of carbonyl (C=O) groups is 2. The molecule has 3 rings (SSSR count). The summed E-state index contributed by atoms with van der Waals surface area (Å²) in [5, 5.41) is 0.00541. The number of fused-ring (bicyclic) bond motifs is 1. The van der Waals surface area contributed by atoms with E-state index in [-0.39, 0.29) is 33.5 Å².